The molecule has 4 atom stereocenters. The highest BCUT2D eigenvalue weighted by Gasteiger charge is 2.54. The van der Waals surface area contributed by atoms with Crippen LogP contribution in [-0.4, -0.2) is 22.0 Å². The maximum absolute atomic E-state index is 12.3. The summed E-state index contributed by atoms with van der Waals surface area (Å²) in [5, 5.41) is 17.3. The van der Waals surface area contributed by atoms with E-state index in [0.29, 0.717) is 29.3 Å². The fraction of sp³-hybridized carbons (Fsp3) is 0.524. The number of benzene rings is 1. The van der Waals surface area contributed by atoms with Crippen LogP contribution >= 0.6 is 0 Å². The van der Waals surface area contributed by atoms with Crippen LogP contribution in [0.1, 0.15) is 56.1 Å². The molecule has 1 aromatic rings. The molecule has 2 fully saturated rings. The molecule has 134 valence electrons. The molecule has 0 amide bonds. The summed E-state index contributed by atoms with van der Waals surface area (Å²) in [5.41, 5.74) is 2.75. The van der Waals surface area contributed by atoms with E-state index in [1.807, 2.05) is 12.1 Å². The van der Waals surface area contributed by atoms with Crippen LogP contribution in [0.3, 0.4) is 0 Å². The van der Waals surface area contributed by atoms with E-state index in [-0.39, 0.29) is 5.41 Å². The minimum Gasteiger partial charge on any atom is -0.508 e. The van der Waals surface area contributed by atoms with Gasteiger partial charge >= 0.3 is 5.97 Å². The van der Waals surface area contributed by atoms with Gasteiger partial charge in [-0.2, -0.15) is 0 Å². The molecule has 0 bridgehead atoms. The zero-order valence-electron chi connectivity index (χ0n) is 14.7. The number of carboxylic acid groups (broad SMARTS) is 1. The van der Waals surface area contributed by atoms with Crippen LogP contribution in [0.25, 0.3) is 0 Å². The number of aryl methyl sites for hydroxylation is 1. The van der Waals surface area contributed by atoms with Crippen molar-refractivity contribution in [3.05, 3.63) is 42.0 Å². The van der Waals surface area contributed by atoms with E-state index in [1.54, 1.807) is 0 Å². The molecule has 4 heteroatoms. The van der Waals surface area contributed by atoms with Crippen molar-refractivity contribution in [1.29, 1.82) is 0 Å². The Labute approximate surface area is 148 Å². The zero-order valence-corrected chi connectivity index (χ0v) is 14.7. The van der Waals surface area contributed by atoms with Crippen molar-refractivity contribution in [3.8, 4) is 5.75 Å². The third kappa shape index (κ3) is 3.10. The quantitative estimate of drug-likeness (QED) is 0.754. The summed E-state index contributed by atoms with van der Waals surface area (Å²) in [4.78, 5) is 21.5. The first-order chi connectivity index (χ1) is 11.9. The van der Waals surface area contributed by atoms with Crippen molar-refractivity contribution >= 4 is 11.8 Å². The van der Waals surface area contributed by atoms with Crippen LogP contribution < -0.4 is 0 Å². The third-order valence-corrected chi connectivity index (χ3v) is 6.59. The van der Waals surface area contributed by atoms with Crippen LogP contribution in [0, 0.1) is 17.3 Å². The number of carbonyl (C=O) groups excluding carboxylic acids is 1. The van der Waals surface area contributed by atoms with Gasteiger partial charge in [0.05, 0.1) is 0 Å². The number of aliphatic carboxylic acids is 1. The summed E-state index contributed by atoms with van der Waals surface area (Å²) in [6.07, 6.45) is 7.18. The number of phenols is 1. The monoisotopic (exact) mass is 342 g/mol. The first kappa shape index (κ1) is 17.7. The van der Waals surface area contributed by atoms with Crippen LogP contribution in [0.15, 0.2) is 30.9 Å². The van der Waals surface area contributed by atoms with Gasteiger partial charge in [-0.3, -0.25) is 4.79 Å². The molecule has 0 aliphatic heterocycles. The highest BCUT2D eigenvalue weighted by atomic mass is 16.4. The molecule has 1 aromatic carbocycles. The lowest BCUT2D eigenvalue weighted by Crippen LogP contribution is -2.42. The highest BCUT2D eigenvalue weighted by molar-refractivity contribution is 5.87. The maximum atomic E-state index is 12.3. The Bertz CT molecular complexity index is 708. The normalized spacial score (nSPS) is 32.5. The lowest BCUT2D eigenvalue weighted by molar-refractivity contribution is -0.131. The summed E-state index contributed by atoms with van der Waals surface area (Å²) >= 11 is 0. The van der Waals surface area contributed by atoms with Crippen molar-refractivity contribution in [2.24, 2.45) is 17.3 Å². The molecular formula is C21H26O4. The predicted octanol–water partition coefficient (Wildman–Crippen LogP) is 4.07. The molecule has 2 N–H and O–H groups in total. The lowest BCUT2D eigenvalue weighted by atomic mass is 9.55. The summed E-state index contributed by atoms with van der Waals surface area (Å²) < 4.78 is 0. The molecule has 0 heterocycles. The van der Waals surface area contributed by atoms with Crippen molar-refractivity contribution < 1.29 is 19.8 Å². The average Bonchev–Trinajstić information content (AvgIpc) is 2.90. The Morgan fingerprint density at radius 1 is 1.28 bits per heavy atom. The molecule has 0 radical (unpaired) electrons. The SMILES string of the molecule is C=CC(=O)O.C[C@]12CC[C@@H]3c4ccc(O)cc4CC[C@H]3[C@@H]1CCC2=O. The number of carbonyl (C=O) groups is 2. The minimum absolute atomic E-state index is 0.0322. The fourth-order valence-electron chi connectivity index (χ4n) is 5.34. The Morgan fingerprint density at radius 3 is 2.68 bits per heavy atom. The van der Waals surface area contributed by atoms with Crippen LogP contribution in [0.4, 0.5) is 0 Å². The Balaban J connectivity index is 0.000000324. The van der Waals surface area contributed by atoms with E-state index in [2.05, 4.69) is 19.6 Å². The maximum Gasteiger partial charge on any atom is 0.327 e. The van der Waals surface area contributed by atoms with E-state index >= 15 is 0 Å². The zero-order chi connectivity index (χ0) is 18.2. The highest BCUT2D eigenvalue weighted by Crippen LogP contribution is 2.59. The first-order valence-electron chi connectivity index (χ1n) is 9.07. The van der Waals surface area contributed by atoms with Crippen LogP contribution in [-0.2, 0) is 16.0 Å². The number of rotatable bonds is 1. The number of hydrogen-bond acceptors (Lipinski definition) is 3. The van der Waals surface area contributed by atoms with Crippen LogP contribution in [0.5, 0.6) is 5.75 Å². The minimum atomic E-state index is -0.981. The molecule has 0 spiro atoms. The van der Waals surface area contributed by atoms with Gasteiger partial charge in [0.15, 0.2) is 0 Å². The van der Waals surface area contributed by atoms with Crippen molar-refractivity contribution in [2.45, 2.75) is 51.4 Å². The number of aromatic hydroxyl groups is 1. The van der Waals surface area contributed by atoms with Gasteiger partial charge in [0.1, 0.15) is 11.5 Å². The number of ketones is 1. The molecule has 0 aromatic heterocycles. The second-order valence-corrected chi connectivity index (χ2v) is 7.76. The molecule has 3 aliphatic rings. The standard InChI is InChI=1S/C18H22O2.C3H4O2/c1-18-9-8-14-13-5-3-12(19)10-11(13)2-4-15(14)16(18)6-7-17(18)20;1-2-3(4)5/h3,5,10,14-16,19H,2,4,6-9H2,1H3;2H,1H2,(H,4,5)/t14-,15-,16+,18+;/m1./s1. The molecular weight excluding hydrogens is 316 g/mol. The van der Waals surface area contributed by atoms with Gasteiger partial charge in [0, 0.05) is 17.9 Å². The second kappa shape index (κ2) is 6.66. The summed E-state index contributed by atoms with van der Waals surface area (Å²) in [5.74, 6) is 1.80. The van der Waals surface area contributed by atoms with Crippen molar-refractivity contribution in [3.63, 3.8) is 0 Å². The first-order valence-corrected chi connectivity index (χ1v) is 9.07. The molecule has 25 heavy (non-hydrogen) atoms. The Hall–Kier alpha value is -2.10. The number of carboxylic acids is 1. The summed E-state index contributed by atoms with van der Waals surface area (Å²) in [6, 6.07) is 5.90. The van der Waals surface area contributed by atoms with E-state index in [4.69, 9.17) is 5.11 Å². The van der Waals surface area contributed by atoms with E-state index in [9.17, 15) is 14.7 Å². The van der Waals surface area contributed by atoms with E-state index in [1.165, 1.54) is 17.5 Å². The van der Waals surface area contributed by atoms with E-state index < -0.39 is 5.97 Å². The number of phenolic OH excluding ortho intramolecular Hbond substituents is 1. The summed E-state index contributed by atoms with van der Waals surface area (Å²) in [6.45, 7) is 5.18. The van der Waals surface area contributed by atoms with Gasteiger partial charge < -0.3 is 10.2 Å². The Kier molecular flexibility index (Phi) is 4.72. The van der Waals surface area contributed by atoms with Gasteiger partial charge in [0.25, 0.3) is 0 Å². The van der Waals surface area contributed by atoms with Crippen molar-refractivity contribution in [2.75, 3.05) is 0 Å². The lowest BCUT2D eigenvalue weighted by Gasteiger charge is -2.48. The van der Waals surface area contributed by atoms with Gasteiger partial charge in [-0.25, -0.2) is 4.79 Å². The van der Waals surface area contributed by atoms with Crippen molar-refractivity contribution in [1.82, 2.24) is 0 Å². The Morgan fingerprint density at radius 2 is 2.00 bits per heavy atom. The number of fused-ring (bicyclic) bond motifs is 5. The topological polar surface area (TPSA) is 74.6 Å². The third-order valence-electron chi connectivity index (χ3n) is 6.59. The smallest absolute Gasteiger partial charge is 0.327 e. The second-order valence-electron chi connectivity index (χ2n) is 7.76. The predicted molar refractivity (Wildman–Crippen MR) is 95.6 cm³/mol. The van der Waals surface area contributed by atoms with E-state index in [0.717, 1.165) is 38.2 Å². The van der Waals surface area contributed by atoms with Gasteiger partial charge in [0.2, 0.25) is 0 Å². The van der Waals surface area contributed by atoms with Crippen LogP contribution in [0.2, 0.25) is 0 Å². The fourth-order valence-corrected chi connectivity index (χ4v) is 5.34. The summed E-state index contributed by atoms with van der Waals surface area (Å²) in [7, 11) is 0. The molecule has 2 saturated carbocycles. The molecule has 4 rings (SSSR count). The number of Topliss-reactive ketones (excluding diaryl/α,β-unsaturated/α-hetero) is 1. The average molecular weight is 342 g/mol. The van der Waals surface area contributed by atoms with Gasteiger partial charge in [-0.1, -0.05) is 19.6 Å². The molecule has 0 unspecified atom stereocenters. The largest absolute Gasteiger partial charge is 0.508 e. The molecule has 3 aliphatic carbocycles. The number of hydrogen-bond donors (Lipinski definition) is 2. The van der Waals surface area contributed by atoms with Gasteiger partial charge in [-0.15, -0.1) is 0 Å². The molecule has 0 saturated heterocycles. The molecule has 4 nitrogen and oxygen atoms in total. The van der Waals surface area contributed by atoms with Gasteiger partial charge in [-0.05, 0) is 73.1 Å².